The van der Waals surface area contributed by atoms with E-state index >= 15 is 0 Å². The van der Waals surface area contributed by atoms with Crippen LogP contribution in [0.2, 0.25) is 0 Å². The number of nitrogens with zero attached hydrogens (tertiary/aromatic N) is 3. The minimum Gasteiger partial charge on any atom is -0.272 e. The summed E-state index contributed by atoms with van der Waals surface area (Å²) in [5, 5.41) is 4.39. The van der Waals surface area contributed by atoms with Gasteiger partial charge in [-0.25, -0.2) is 9.98 Å². The Morgan fingerprint density at radius 1 is 1.12 bits per heavy atom. The molecule has 2 aromatic carbocycles. The van der Waals surface area contributed by atoms with Crippen LogP contribution in [0.1, 0.15) is 0 Å². The third-order valence-electron chi connectivity index (χ3n) is 2.90. The molecule has 0 spiro atoms. The van der Waals surface area contributed by atoms with Crippen molar-refractivity contribution in [2.45, 2.75) is 4.90 Å². The first-order valence-electron chi connectivity index (χ1n) is 5.07. The van der Waals surface area contributed by atoms with Crippen LogP contribution in [-0.4, -0.2) is 12.2 Å². The van der Waals surface area contributed by atoms with Crippen LogP contribution in [0.4, 0.5) is 5.69 Å². The van der Waals surface area contributed by atoms with E-state index in [9.17, 15) is 0 Å². The Bertz CT molecular complexity index is 762. The van der Waals surface area contributed by atoms with Crippen LogP contribution in [0, 0.1) is 0 Å². The number of aliphatic imine (C=N–C) groups is 1. The smallest absolute Gasteiger partial charge is 0.116 e. The first-order valence-corrected chi connectivity index (χ1v) is 6.05. The number of hydrogen-bond donors (Lipinski definition) is 0. The second kappa shape index (κ2) is 2.92. The van der Waals surface area contributed by atoms with E-state index in [-0.39, 0.29) is 0 Å². The fourth-order valence-corrected chi connectivity index (χ4v) is 2.97. The Kier molecular flexibility index (Phi) is 1.54. The molecule has 0 saturated carbocycles. The van der Waals surface area contributed by atoms with Crippen molar-refractivity contribution in [3.63, 3.8) is 0 Å². The van der Waals surface area contributed by atoms with Crippen LogP contribution in [0.25, 0.3) is 10.8 Å². The molecule has 0 N–H and O–H groups in total. The van der Waals surface area contributed by atoms with Crippen LogP contribution < -0.4 is 10.7 Å². The number of benzene rings is 2. The highest BCUT2D eigenvalue weighted by Gasteiger charge is 2.13. The summed E-state index contributed by atoms with van der Waals surface area (Å²) >= 11 is 1.78. The molecule has 4 rings (SSSR count). The van der Waals surface area contributed by atoms with E-state index in [0.29, 0.717) is 0 Å². The standard InChI is InChI=1S/C12H7N3S/c1-3-8-11(14-5-13-8)10-7(1)2-4-9-12(10)15-6-16-9/h1-5H,6H2. The molecule has 2 aliphatic rings. The summed E-state index contributed by atoms with van der Waals surface area (Å²) in [5.41, 5.74) is 0.973. The first-order chi connectivity index (χ1) is 7.93. The zero-order valence-electron chi connectivity index (χ0n) is 8.34. The molecule has 2 aliphatic heterocycles. The summed E-state index contributed by atoms with van der Waals surface area (Å²) in [6.45, 7) is 0. The lowest BCUT2D eigenvalue weighted by molar-refractivity contribution is 1.24. The lowest BCUT2D eigenvalue weighted by atomic mass is 10.1. The fraction of sp³-hybridized carbons (Fsp3) is 0.0833. The summed E-state index contributed by atoms with van der Waals surface area (Å²) in [7, 11) is 0. The largest absolute Gasteiger partial charge is 0.272 e. The highest BCUT2D eigenvalue weighted by Crippen LogP contribution is 2.27. The molecular weight excluding hydrogens is 218 g/mol. The van der Waals surface area contributed by atoms with Gasteiger partial charge in [-0.1, -0.05) is 12.1 Å². The third kappa shape index (κ3) is 0.971. The number of fused-ring (bicyclic) bond motifs is 5. The Morgan fingerprint density at radius 3 is 3.06 bits per heavy atom. The SMILES string of the molecule is C1=Nc2c(ccc3ccc4c(c23)=NCS4)=N1. The third-order valence-corrected chi connectivity index (χ3v) is 3.80. The van der Waals surface area contributed by atoms with Crippen molar-refractivity contribution in [3.8, 4) is 0 Å². The van der Waals surface area contributed by atoms with Gasteiger partial charge in [0.05, 0.1) is 16.6 Å². The summed E-state index contributed by atoms with van der Waals surface area (Å²) in [5.74, 6) is 0.818. The van der Waals surface area contributed by atoms with Crippen molar-refractivity contribution in [1.29, 1.82) is 0 Å². The lowest BCUT2D eigenvalue weighted by Gasteiger charge is -2.01. The summed E-state index contributed by atoms with van der Waals surface area (Å²) in [4.78, 5) is 14.4. The fourth-order valence-electron chi connectivity index (χ4n) is 2.17. The highest BCUT2D eigenvalue weighted by atomic mass is 32.2. The average molecular weight is 225 g/mol. The van der Waals surface area contributed by atoms with E-state index < -0.39 is 0 Å². The van der Waals surface area contributed by atoms with Gasteiger partial charge in [0.1, 0.15) is 12.0 Å². The molecule has 0 unspecified atom stereocenters. The van der Waals surface area contributed by atoms with E-state index in [1.165, 1.54) is 10.3 Å². The topological polar surface area (TPSA) is 37.1 Å². The lowest BCUT2D eigenvalue weighted by Crippen LogP contribution is -2.07. The van der Waals surface area contributed by atoms with Crippen LogP contribution in [-0.2, 0) is 0 Å². The minimum atomic E-state index is 0.818. The zero-order chi connectivity index (χ0) is 10.5. The van der Waals surface area contributed by atoms with Crippen LogP contribution in [0.3, 0.4) is 0 Å². The van der Waals surface area contributed by atoms with Crippen LogP contribution in [0.15, 0.2) is 44.1 Å². The molecule has 0 saturated heterocycles. The van der Waals surface area contributed by atoms with Gasteiger partial charge in [0.15, 0.2) is 0 Å². The molecular formula is C12H7N3S. The highest BCUT2D eigenvalue weighted by molar-refractivity contribution is 7.99. The van der Waals surface area contributed by atoms with Gasteiger partial charge in [-0.05, 0) is 17.5 Å². The molecule has 0 aliphatic carbocycles. The molecule has 0 fully saturated rings. The van der Waals surface area contributed by atoms with Gasteiger partial charge in [-0.15, -0.1) is 11.8 Å². The van der Waals surface area contributed by atoms with Gasteiger partial charge in [0.2, 0.25) is 0 Å². The molecule has 0 aromatic heterocycles. The molecule has 0 radical (unpaired) electrons. The molecule has 76 valence electrons. The average Bonchev–Trinajstić information content (AvgIpc) is 2.96. The maximum Gasteiger partial charge on any atom is 0.116 e. The van der Waals surface area contributed by atoms with E-state index in [1.807, 2.05) is 6.07 Å². The van der Waals surface area contributed by atoms with Crippen LogP contribution in [0.5, 0.6) is 0 Å². The van der Waals surface area contributed by atoms with Crippen molar-refractivity contribution in [2.24, 2.45) is 15.0 Å². The Labute approximate surface area is 95.6 Å². The van der Waals surface area contributed by atoms with E-state index in [0.717, 1.165) is 27.7 Å². The van der Waals surface area contributed by atoms with Gasteiger partial charge in [0, 0.05) is 10.3 Å². The maximum atomic E-state index is 4.55. The van der Waals surface area contributed by atoms with Crippen LogP contribution >= 0.6 is 11.8 Å². The molecule has 3 nitrogen and oxygen atoms in total. The normalized spacial score (nSPS) is 15.8. The van der Waals surface area contributed by atoms with Gasteiger partial charge in [-0.2, -0.15) is 0 Å². The summed E-state index contributed by atoms with van der Waals surface area (Å²) < 4.78 is 0. The quantitative estimate of drug-likeness (QED) is 0.673. The van der Waals surface area contributed by atoms with Crippen molar-refractivity contribution in [1.82, 2.24) is 0 Å². The predicted molar refractivity (Wildman–Crippen MR) is 65.1 cm³/mol. The molecule has 16 heavy (non-hydrogen) atoms. The number of hydrogen-bond acceptors (Lipinski definition) is 4. The predicted octanol–water partition coefficient (Wildman–Crippen LogP) is 1.82. The molecule has 2 aromatic rings. The summed E-state index contributed by atoms with van der Waals surface area (Å²) in [6.07, 6.45) is 1.62. The van der Waals surface area contributed by atoms with Crippen molar-refractivity contribution in [2.75, 3.05) is 5.88 Å². The van der Waals surface area contributed by atoms with E-state index in [4.69, 9.17) is 0 Å². The Hall–Kier alpha value is -1.68. The second-order valence-electron chi connectivity index (χ2n) is 3.75. The molecule has 0 amide bonds. The molecule has 0 bridgehead atoms. The van der Waals surface area contributed by atoms with Gasteiger partial charge in [-0.3, -0.25) is 4.99 Å². The maximum absolute atomic E-state index is 4.55. The second-order valence-corrected chi connectivity index (χ2v) is 4.74. The molecule has 0 atom stereocenters. The molecule has 4 heteroatoms. The minimum absolute atomic E-state index is 0.818. The van der Waals surface area contributed by atoms with E-state index in [2.05, 4.69) is 33.2 Å². The van der Waals surface area contributed by atoms with Gasteiger partial charge in [0.25, 0.3) is 0 Å². The first kappa shape index (κ1) is 8.47. The van der Waals surface area contributed by atoms with Crippen molar-refractivity contribution < 1.29 is 0 Å². The zero-order valence-corrected chi connectivity index (χ0v) is 9.16. The number of thioether (sulfide) groups is 1. The Balaban J connectivity index is 2.35. The monoisotopic (exact) mass is 225 g/mol. The molecule has 2 heterocycles. The van der Waals surface area contributed by atoms with Gasteiger partial charge >= 0.3 is 0 Å². The van der Waals surface area contributed by atoms with Crippen molar-refractivity contribution in [3.05, 3.63) is 35.0 Å². The number of rotatable bonds is 0. The van der Waals surface area contributed by atoms with E-state index in [1.54, 1.807) is 18.1 Å². The van der Waals surface area contributed by atoms with Crippen molar-refractivity contribution >= 4 is 34.6 Å². The van der Waals surface area contributed by atoms with Gasteiger partial charge < -0.3 is 0 Å². The Morgan fingerprint density at radius 2 is 2.06 bits per heavy atom. The summed E-state index contributed by atoms with van der Waals surface area (Å²) in [6, 6.07) is 8.38.